The maximum atomic E-state index is 14.1. The van der Waals surface area contributed by atoms with Crippen molar-refractivity contribution in [1.29, 1.82) is 0 Å². The molecule has 38 heavy (non-hydrogen) atoms. The predicted molar refractivity (Wildman–Crippen MR) is 143 cm³/mol. The Balaban J connectivity index is 1.34. The van der Waals surface area contributed by atoms with Gasteiger partial charge in [-0.05, 0) is 55.0 Å². The number of halogens is 3. The largest absolute Gasteiger partial charge is 0.373 e. The van der Waals surface area contributed by atoms with Gasteiger partial charge in [-0.25, -0.2) is 13.8 Å². The highest BCUT2D eigenvalue weighted by Gasteiger charge is 2.28. The molecule has 0 aliphatic carbocycles. The lowest BCUT2D eigenvalue weighted by Gasteiger charge is -2.29. The van der Waals surface area contributed by atoms with E-state index in [2.05, 4.69) is 5.32 Å². The van der Waals surface area contributed by atoms with Gasteiger partial charge in [-0.2, -0.15) is 0 Å². The van der Waals surface area contributed by atoms with Crippen molar-refractivity contribution in [3.05, 3.63) is 101 Å². The second kappa shape index (κ2) is 11.3. The van der Waals surface area contributed by atoms with Crippen molar-refractivity contribution in [3.63, 3.8) is 0 Å². The summed E-state index contributed by atoms with van der Waals surface area (Å²) in [6.45, 7) is 3.63. The van der Waals surface area contributed by atoms with Gasteiger partial charge >= 0.3 is 0 Å². The molecule has 5 rings (SSSR count). The molecule has 0 saturated heterocycles. The van der Waals surface area contributed by atoms with Crippen LogP contribution >= 0.6 is 11.6 Å². The fraction of sp³-hybridized carbons (Fsp3) is 0.241. The highest BCUT2D eigenvalue weighted by Crippen LogP contribution is 2.34. The van der Waals surface area contributed by atoms with E-state index >= 15 is 0 Å². The Morgan fingerprint density at radius 3 is 2.58 bits per heavy atom. The van der Waals surface area contributed by atoms with Crippen LogP contribution in [0.15, 0.2) is 72.8 Å². The van der Waals surface area contributed by atoms with Gasteiger partial charge in [-0.15, -0.1) is 0 Å². The molecule has 0 radical (unpaired) electrons. The quantitative estimate of drug-likeness (QED) is 0.277. The number of carbonyl (C=O) groups is 1. The van der Waals surface area contributed by atoms with Crippen LogP contribution in [-0.2, 0) is 29.2 Å². The molecular weight excluding hydrogens is 510 g/mol. The molecule has 0 spiro atoms. The molecule has 0 saturated carbocycles. The minimum Gasteiger partial charge on any atom is -0.373 e. The number of nitrogens with one attached hydrogen (secondary N) is 1. The summed E-state index contributed by atoms with van der Waals surface area (Å²) in [5, 5.41) is 3.28. The van der Waals surface area contributed by atoms with Gasteiger partial charge in [0.25, 0.3) is 0 Å². The number of amides is 1. The van der Waals surface area contributed by atoms with Crippen molar-refractivity contribution in [2.45, 2.75) is 39.1 Å². The maximum absolute atomic E-state index is 14.1. The van der Waals surface area contributed by atoms with E-state index in [1.165, 1.54) is 24.3 Å². The lowest BCUT2D eigenvalue weighted by molar-refractivity contribution is -0.135. The zero-order valence-corrected chi connectivity index (χ0v) is 21.6. The van der Waals surface area contributed by atoms with E-state index in [0.717, 1.165) is 5.56 Å². The number of carbonyl (C=O) groups excluding carboxylic acids is 1. The number of rotatable bonds is 8. The van der Waals surface area contributed by atoms with Crippen LogP contribution in [0.4, 0.5) is 20.3 Å². The van der Waals surface area contributed by atoms with Gasteiger partial charge in [-0.3, -0.25) is 4.79 Å². The highest BCUT2D eigenvalue weighted by molar-refractivity contribution is 6.30. The summed E-state index contributed by atoms with van der Waals surface area (Å²) < 4.78 is 35.6. The first-order valence-corrected chi connectivity index (χ1v) is 12.8. The van der Waals surface area contributed by atoms with Crippen molar-refractivity contribution in [3.8, 4) is 11.3 Å². The SMILES string of the molecule is C[C@@H](CC(=O)N1CCn2c(nc(-c3ccc(F)cc3)c2Nc2ccc(Cl)c(F)c2)C1)OCc1ccccc1. The van der Waals surface area contributed by atoms with Gasteiger partial charge in [0.05, 0.1) is 30.7 Å². The zero-order chi connectivity index (χ0) is 26.6. The average Bonchev–Trinajstić information content (AvgIpc) is 3.28. The van der Waals surface area contributed by atoms with Crippen molar-refractivity contribution < 1.29 is 18.3 Å². The van der Waals surface area contributed by atoms with E-state index in [1.54, 1.807) is 23.1 Å². The van der Waals surface area contributed by atoms with Crippen LogP contribution in [-0.4, -0.2) is 33.0 Å². The molecule has 4 aromatic rings. The average molecular weight is 537 g/mol. The molecule has 1 amide bonds. The van der Waals surface area contributed by atoms with Crippen molar-refractivity contribution >= 4 is 29.0 Å². The molecule has 3 aromatic carbocycles. The van der Waals surface area contributed by atoms with Crippen LogP contribution in [0.25, 0.3) is 11.3 Å². The third-order valence-corrected chi connectivity index (χ3v) is 6.77. The van der Waals surface area contributed by atoms with E-state index in [1.807, 2.05) is 41.8 Å². The lowest BCUT2D eigenvalue weighted by atomic mass is 10.1. The predicted octanol–water partition coefficient (Wildman–Crippen LogP) is 6.56. The first-order valence-electron chi connectivity index (χ1n) is 12.4. The van der Waals surface area contributed by atoms with Crippen molar-refractivity contribution in [1.82, 2.24) is 14.5 Å². The summed E-state index contributed by atoms with van der Waals surface area (Å²) >= 11 is 5.85. The Kier molecular flexibility index (Phi) is 7.72. The minimum absolute atomic E-state index is 0.0163. The lowest BCUT2D eigenvalue weighted by Crippen LogP contribution is -2.39. The fourth-order valence-electron chi connectivity index (χ4n) is 4.44. The van der Waals surface area contributed by atoms with Gasteiger partial charge in [0.1, 0.15) is 29.0 Å². The molecule has 0 bridgehead atoms. The Morgan fingerprint density at radius 2 is 1.84 bits per heavy atom. The molecular formula is C29H27ClF2N4O2. The highest BCUT2D eigenvalue weighted by atomic mass is 35.5. The van der Waals surface area contributed by atoms with Crippen LogP contribution in [0.1, 0.15) is 24.7 Å². The standard InChI is InChI=1S/C29H27ClF2N4O2/c1-19(38-18-20-5-3-2-4-6-20)15-27(37)35-13-14-36-26(17-35)34-28(21-7-9-22(31)10-8-21)29(36)33-23-11-12-24(30)25(32)16-23/h2-12,16,19,33H,13-15,17-18H2,1H3/t19-/m0/s1. The van der Waals surface area contributed by atoms with E-state index in [9.17, 15) is 13.6 Å². The number of benzene rings is 3. The van der Waals surface area contributed by atoms with E-state index in [-0.39, 0.29) is 29.3 Å². The topological polar surface area (TPSA) is 59.4 Å². The second-order valence-electron chi connectivity index (χ2n) is 9.26. The van der Waals surface area contributed by atoms with E-state index in [0.29, 0.717) is 54.8 Å². The number of hydrogen-bond acceptors (Lipinski definition) is 4. The van der Waals surface area contributed by atoms with Gasteiger partial charge in [-0.1, -0.05) is 41.9 Å². The minimum atomic E-state index is -0.543. The fourth-order valence-corrected chi connectivity index (χ4v) is 4.55. The van der Waals surface area contributed by atoms with Gasteiger partial charge in [0.15, 0.2) is 0 Å². The molecule has 1 N–H and O–H groups in total. The second-order valence-corrected chi connectivity index (χ2v) is 9.67. The first-order chi connectivity index (χ1) is 18.4. The number of hydrogen-bond donors (Lipinski definition) is 1. The molecule has 1 atom stereocenters. The molecule has 1 aliphatic heterocycles. The van der Waals surface area contributed by atoms with E-state index in [4.69, 9.17) is 21.3 Å². The summed E-state index contributed by atoms with van der Waals surface area (Å²) in [5.74, 6) is 0.405. The zero-order valence-electron chi connectivity index (χ0n) is 20.8. The summed E-state index contributed by atoms with van der Waals surface area (Å²) in [6.07, 6.45) is 0.0178. The van der Waals surface area contributed by atoms with Crippen LogP contribution < -0.4 is 5.32 Å². The molecule has 196 valence electrons. The number of fused-ring (bicyclic) bond motifs is 1. The third kappa shape index (κ3) is 5.87. The Bertz CT molecular complexity index is 1430. The number of imidazole rings is 1. The van der Waals surface area contributed by atoms with Crippen LogP contribution in [0, 0.1) is 11.6 Å². The monoisotopic (exact) mass is 536 g/mol. The molecule has 0 unspecified atom stereocenters. The van der Waals surface area contributed by atoms with Crippen LogP contribution in [0.2, 0.25) is 5.02 Å². The van der Waals surface area contributed by atoms with Gasteiger partial charge in [0, 0.05) is 24.3 Å². The third-order valence-electron chi connectivity index (χ3n) is 6.46. The number of anilines is 2. The van der Waals surface area contributed by atoms with Gasteiger partial charge in [0.2, 0.25) is 5.91 Å². The number of aromatic nitrogens is 2. The normalized spacial score (nSPS) is 13.7. The smallest absolute Gasteiger partial charge is 0.225 e. The van der Waals surface area contributed by atoms with Gasteiger partial charge < -0.3 is 19.5 Å². The Morgan fingerprint density at radius 1 is 1.08 bits per heavy atom. The molecule has 1 aromatic heterocycles. The van der Waals surface area contributed by atoms with Crippen LogP contribution in [0.5, 0.6) is 0 Å². The molecule has 0 fully saturated rings. The Hall–Kier alpha value is -3.75. The van der Waals surface area contributed by atoms with Crippen LogP contribution in [0.3, 0.4) is 0 Å². The molecule has 2 heterocycles. The molecule has 9 heteroatoms. The van der Waals surface area contributed by atoms with Crippen molar-refractivity contribution in [2.24, 2.45) is 0 Å². The van der Waals surface area contributed by atoms with E-state index < -0.39 is 5.82 Å². The molecule has 6 nitrogen and oxygen atoms in total. The van der Waals surface area contributed by atoms with Crippen molar-refractivity contribution in [2.75, 3.05) is 11.9 Å². The Labute approximate surface area is 224 Å². The summed E-state index contributed by atoms with van der Waals surface area (Å²) in [7, 11) is 0. The maximum Gasteiger partial charge on any atom is 0.225 e. The summed E-state index contributed by atoms with van der Waals surface area (Å²) in [5.41, 5.74) is 2.84. The molecule has 1 aliphatic rings. The summed E-state index contributed by atoms with van der Waals surface area (Å²) in [6, 6.07) is 20.3. The summed E-state index contributed by atoms with van der Waals surface area (Å²) in [4.78, 5) is 19.7. The first kappa shape index (κ1) is 25.9. The number of ether oxygens (including phenoxy) is 1. The number of nitrogens with zero attached hydrogens (tertiary/aromatic N) is 3.